The van der Waals surface area contributed by atoms with Crippen LogP contribution in [0.2, 0.25) is 0 Å². The van der Waals surface area contributed by atoms with Crippen molar-refractivity contribution in [2.75, 3.05) is 20.3 Å². The van der Waals surface area contributed by atoms with Gasteiger partial charge < -0.3 is 37.9 Å². The van der Waals surface area contributed by atoms with E-state index in [4.69, 9.17) is 43.2 Å². The minimum Gasteiger partial charge on any atom is -0.464 e. The number of methoxy groups -OCH3 is 1. The van der Waals surface area contributed by atoms with Crippen molar-refractivity contribution in [1.29, 1.82) is 5.26 Å². The van der Waals surface area contributed by atoms with E-state index in [9.17, 15) is 28.8 Å². The Balaban J connectivity index is 3.86. The molecule has 0 aliphatic carbocycles. The van der Waals surface area contributed by atoms with Gasteiger partial charge in [0.1, 0.15) is 25.4 Å². The molecule has 0 radical (unpaired) electrons. The lowest BCUT2D eigenvalue weighted by Gasteiger charge is -2.50. The minimum absolute atomic E-state index is 0.606. The van der Waals surface area contributed by atoms with E-state index in [1.165, 1.54) is 6.92 Å². The second kappa shape index (κ2) is 14.2. The average Bonchev–Trinajstić information content (AvgIpc) is 2.80. The summed E-state index contributed by atoms with van der Waals surface area (Å²) in [6, 6.07) is 1.69. The maximum Gasteiger partial charge on any atom is 0.382 e. The predicted molar refractivity (Wildman–Crippen MR) is 119 cm³/mol. The van der Waals surface area contributed by atoms with Gasteiger partial charge in [-0.1, -0.05) is 6.92 Å². The third-order valence-electron chi connectivity index (χ3n) is 5.18. The summed E-state index contributed by atoms with van der Waals surface area (Å²) in [4.78, 5) is 72.7. The van der Waals surface area contributed by atoms with Gasteiger partial charge in [-0.15, -0.1) is 0 Å². The maximum atomic E-state index is 13.1. The van der Waals surface area contributed by atoms with Gasteiger partial charge in [-0.2, -0.15) is 5.26 Å². The van der Waals surface area contributed by atoms with Gasteiger partial charge in [0.25, 0.3) is 0 Å². The number of nitriles is 1. The Bertz CT molecular complexity index is 958. The van der Waals surface area contributed by atoms with Crippen LogP contribution in [0.3, 0.4) is 0 Å². The number of hydrogen-bond acceptors (Lipinski definition) is 15. The Morgan fingerprint density at radius 3 is 1.97 bits per heavy atom. The van der Waals surface area contributed by atoms with Gasteiger partial charge in [0.2, 0.25) is 0 Å². The van der Waals surface area contributed by atoms with Crippen LogP contribution in [0.15, 0.2) is 0 Å². The van der Waals surface area contributed by atoms with Crippen LogP contribution in [0.25, 0.3) is 0 Å². The van der Waals surface area contributed by atoms with Crippen molar-refractivity contribution >= 4 is 35.8 Å². The fourth-order valence-corrected chi connectivity index (χ4v) is 3.91. The lowest BCUT2D eigenvalue weighted by atomic mass is 9.82. The highest BCUT2D eigenvalue weighted by Gasteiger charge is 2.66. The molecule has 38 heavy (non-hydrogen) atoms. The summed E-state index contributed by atoms with van der Waals surface area (Å²) in [6.45, 7) is 5.33. The van der Waals surface area contributed by atoms with E-state index in [1.807, 2.05) is 0 Å². The molecule has 0 aromatic carbocycles. The van der Waals surface area contributed by atoms with E-state index in [0.717, 1.165) is 41.7 Å². The summed E-state index contributed by atoms with van der Waals surface area (Å²) in [5.41, 5.74) is 0. The zero-order valence-corrected chi connectivity index (χ0v) is 22.0. The molecule has 1 fully saturated rings. The zero-order chi connectivity index (χ0) is 29.2. The molecule has 212 valence electrons. The van der Waals surface area contributed by atoms with Gasteiger partial charge in [0.05, 0.1) is 13.2 Å². The largest absolute Gasteiger partial charge is 0.464 e. The molecule has 0 N–H and O–H groups in total. The number of carbonyl (C=O) groups is 6. The fraction of sp³-hybridized carbons (Fsp3) is 0.696. The molecule has 1 aliphatic rings. The SMILES string of the molecule is COC(=O)[C@@]1(OC(C)=O)O[C@@H]([C@H](OC(C)=O)[C@@H](COC(C)=O)OC(C)=O)[C@H](C)[C@@H](OC(C)=O)[C@@H]1OCC#N. The molecule has 0 saturated carbocycles. The molecule has 7 atom stereocenters. The second-order valence-electron chi connectivity index (χ2n) is 8.18. The Labute approximate surface area is 218 Å². The lowest BCUT2D eigenvalue weighted by Crippen LogP contribution is -2.71. The first-order valence-corrected chi connectivity index (χ1v) is 11.3. The summed E-state index contributed by atoms with van der Waals surface area (Å²) in [6.07, 6.45) is -7.84. The lowest BCUT2D eigenvalue weighted by molar-refractivity contribution is -0.349. The van der Waals surface area contributed by atoms with Gasteiger partial charge in [0, 0.05) is 40.5 Å². The highest BCUT2D eigenvalue weighted by molar-refractivity contribution is 5.82. The highest BCUT2D eigenvalue weighted by atomic mass is 16.8. The molecule has 15 heteroatoms. The molecule has 0 unspecified atom stereocenters. The van der Waals surface area contributed by atoms with Crippen molar-refractivity contribution in [3.63, 3.8) is 0 Å². The maximum absolute atomic E-state index is 13.1. The Morgan fingerprint density at radius 1 is 0.921 bits per heavy atom. The number of hydrogen-bond donors (Lipinski definition) is 0. The molecular weight excluding hydrogens is 514 g/mol. The van der Waals surface area contributed by atoms with Crippen LogP contribution in [0.5, 0.6) is 0 Å². The van der Waals surface area contributed by atoms with E-state index in [-0.39, 0.29) is 0 Å². The van der Waals surface area contributed by atoms with Crippen molar-refractivity contribution < 1.29 is 66.7 Å². The minimum atomic E-state index is -2.78. The molecule has 0 bridgehead atoms. The number of nitrogens with zero attached hydrogens (tertiary/aromatic N) is 1. The van der Waals surface area contributed by atoms with E-state index in [0.29, 0.717) is 0 Å². The van der Waals surface area contributed by atoms with Crippen molar-refractivity contribution in [2.45, 2.75) is 77.8 Å². The van der Waals surface area contributed by atoms with Crippen LogP contribution in [0.4, 0.5) is 0 Å². The number of rotatable bonds is 11. The quantitative estimate of drug-likeness (QED) is 0.242. The summed E-state index contributed by atoms with van der Waals surface area (Å²) in [5, 5.41) is 9.08. The highest BCUT2D eigenvalue weighted by Crippen LogP contribution is 2.41. The average molecular weight is 545 g/mol. The van der Waals surface area contributed by atoms with Crippen LogP contribution < -0.4 is 0 Å². The van der Waals surface area contributed by atoms with Crippen molar-refractivity contribution in [1.82, 2.24) is 0 Å². The van der Waals surface area contributed by atoms with Gasteiger partial charge in [-0.25, -0.2) is 4.79 Å². The predicted octanol–water partition coefficient (Wildman–Crippen LogP) is -0.279. The van der Waals surface area contributed by atoms with Crippen LogP contribution >= 0.6 is 0 Å². The number of esters is 6. The molecule has 0 spiro atoms. The van der Waals surface area contributed by atoms with Crippen molar-refractivity contribution in [2.24, 2.45) is 5.92 Å². The van der Waals surface area contributed by atoms with Crippen LogP contribution in [-0.2, 0) is 66.7 Å². The second-order valence-corrected chi connectivity index (χ2v) is 8.18. The summed E-state index contributed by atoms with van der Waals surface area (Å²) < 4.78 is 42.4. The Hall–Kier alpha value is -3.77. The molecular formula is C23H31NO14. The normalized spacial score (nSPS) is 25.9. The first kappa shape index (κ1) is 32.3. The first-order valence-electron chi connectivity index (χ1n) is 11.3. The smallest absolute Gasteiger partial charge is 0.382 e. The fourth-order valence-electron chi connectivity index (χ4n) is 3.91. The van der Waals surface area contributed by atoms with E-state index in [2.05, 4.69) is 0 Å². The van der Waals surface area contributed by atoms with Gasteiger partial charge >= 0.3 is 41.6 Å². The summed E-state index contributed by atoms with van der Waals surface area (Å²) in [7, 11) is 0.943. The molecule has 1 heterocycles. The van der Waals surface area contributed by atoms with Gasteiger partial charge in [-0.05, 0) is 0 Å². The van der Waals surface area contributed by atoms with E-state index in [1.54, 1.807) is 6.07 Å². The summed E-state index contributed by atoms with van der Waals surface area (Å²) >= 11 is 0. The molecule has 15 nitrogen and oxygen atoms in total. The molecule has 0 aromatic heterocycles. The first-order chi connectivity index (χ1) is 17.7. The van der Waals surface area contributed by atoms with Crippen LogP contribution in [0.1, 0.15) is 41.5 Å². The number of ether oxygens (including phenoxy) is 8. The molecule has 1 saturated heterocycles. The monoisotopic (exact) mass is 545 g/mol. The Morgan fingerprint density at radius 2 is 1.53 bits per heavy atom. The Kier molecular flexibility index (Phi) is 12.1. The van der Waals surface area contributed by atoms with E-state index >= 15 is 0 Å². The summed E-state index contributed by atoms with van der Waals surface area (Å²) in [5.74, 6) is -9.57. The molecule has 0 aromatic rings. The zero-order valence-electron chi connectivity index (χ0n) is 22.0. The standard InChI is InChI=1S/C23H31NO14/c1-11-18(20(36-15(5)28)17(34-13(3)26)10-33-12(2)25)38-23(22(30)31-7,37-16(6)29)21(32-9-8-24)19(11)35-14(4)27/h11,17-21H,9-10H2,1-7H3/t11-,17+,18+,19+,20+,21-,23-/m0/s1. The topological polar surface area (TPSA) is 200 Å². The van der Waals surface area contributed by atoms with Gasteiger partial charge in [-0.3, -0.25) is 24.0 Å². The third-order valence-corrected chi connectivity index (χ3v) is 5.18. The van der Waals surface area contributed by atoms with E-state index < -0.39 is 91.3 Å². The van der Waals surface area contributed by atoms with Gasteiger partial charge in [0.15, 0.2) is 18.3 Å². The molecule has 0 amide bonds. The van der Waals surface area contributed by atoms with Crippen molar-refractivity contribution in [3.8, 4) is 6.07 Å². The molecule has 1 rings (SSSR count). The number of carbonyl (C=O) groups excluding carboxylic acids is 6. The van der Waals surface area contributed by atoms with Crippen LogP contribution in [0, 0.1) is 17.2 Å². The van der Waals surface area contributed by atoms with Crippen LogP contribution in [-0.4, -0.2) is 92.4 Å². The van der Waals surface area contributed by atoms with Crippen molar-refractivity contribution in [3.05, 3.63) is 0 Å². The molecule has 1 aliphatic heterocycles. The third kappa shape index (κ3) is 8.38.